The molecule has 0 radical (unpaired) electrons. The molecule has 0 saturated carbocycles. The molecule has 0 aromatic heterocycles. The number of carbonyl (C=O) groups is 1. The number of rotatable bonds is 7. The Hall–Kier alpha value is -2.54. The minimum atomic E-state index is -0.558. The van der Waals surface area contributed by atoms with Crippen LogP contribution in [0.5, 0.6) is 0 Å². The first-order valence-electron chi connectivity index (χ1n) is 11.8. The molecular weight excluding hydrogens is 448 g/mol. The van der Waals surface area contributed by atoms with Crippen LogP contribution in [0.3, 0.4) is 0 Å². The van der Waals surface area contributed by atoms with Gasteiger partial charge in [0.15, 0.2) is 12.5 Å². The fourth-order valence-corrected chi connectivity index (χ4v) is 4.88. The van der Waals surface area contributed by atoms with E-state index in [1.54, 1.807) is 0 Å². The van der Waals surface area contributed by atoms with Crippen LogP contribution in [-0.2, 0) is 27.4 Å². The Morgan fingerprint density at radius 1 is 0.941 bits per heavy atom. The van der Waals surface area contributed by atoms with Crippen molar-refractivity contribution < 1.29 is 14.3 Å². The molecule has 2 aliphatic rings. The first kappa shape index (κ1) is 23.2. The molecule has 2 atom stereocenters. The minimum Gasteiger partial charge on any atom is -0.379 e. The van der Waals surface area contributed by atoms with Crippen molar-refractivity contribution in [1.82, 2.24) is 9.80 Å². The van der Waals surface area contributed by atoms with Crippen LogP contribution in [0.1, 0.15) is 22.8 Å². The van der Waals surface area contributed by atoms with Gasteiger partial charge in [0.05, 0.1) is 19.3 Å². The molecule has 3 aromatic rings. The van der Waals surface area contributed by atoms with Gasteiger partial charge in [0.2, 0.25) is 0 Å². The van der Waals surface area contributed by atoms with Crippen LogP contribution < -0.4 is 0 Å². The van der Waals surface area contributed by atoms with Crippen LogP contribution in [-0.4, -0.2) is 55.2 Å². The van der Waals surface area contributed by atoms with Gasteiger partial charge in [0, 0.05) is 37.7 Å². The molecule has 2 fully saturated rings. The molecule has 5 nitrogen and oxygen atoms in total. The lowest BCUT2D eigenvalue weighted by molar-refractivity contribution is -0.123. The molecule has 2 aliphatic heterocycles. The number of benzene rings is 3. The second-order valence-electron chi connectivity index (χ2n) is 8.88. The SMILES string of the molecule is O=CC1O[C@H](c2ccc(Cl)cc2)CN1Cc1ccc(-c2ccccc2)c(CN2CCOCC2)c1. The molecular formula is C28H29ClN2O3. The van der Waals surface area contributed by atoms with Crippen molar-refractivity contribution in [2.45, 2.75) is 25.4 Å². The number of aldehydes is 1. The maximum absolute atomic E-state index is 11.8. The third-order valence-electron chi connectivity index (χ3n) is 6.56. The maximum Gasteiger partial charge on any atom is 0.168 e. The summed E-state index contributed by atoms with van der Waals surface area (Å²) in [6.07, 6.45) is 0.184. The number of ether oxygens (including phenoxy) is 2. The van der Waals surface area contributed by atoms with Gasteiger partial charge < -0.3 is 9.47 Å². The number of morpholine rings is 1. The Balaban J connectivity index is 1.37. The molecule has 0 spiro atoms. The molecule has 0 bridgehead atoms. The summed E-state index contributed by atoms with van der Waals surface area (Å²) in [5.41, 5.74) is 5.97. The van der Waals surface area contributed by atoms with Crippen LogP contribution in [0.25, 0.3) is 11.1 Å². The van der Waals surface area contributed by atoms with E-state index in [9.17, 15) is 4.79 Å². The molecule has 0 amide bonds. The van der Waals surface area contributed by atoms with Crippen molar-refractivity contribution in [3.05, 3.63) is 94.5 Å². The summed E-state index contributed by atoms with van der Waals surface area (Å²) in [7, 11) is 0. The summed E-state index contributed by atoms with van der Waals surface area (Å²) in [6.45, 7) is 5.62. The lowest BCUT2D eigenvalue weighted by Gasteiger charge is -2.28. The van der Waals surface area contributed by atoms with Crippen molar-refractivity contribution >= 4 is 17.9 Å². The molecule has 1 unspecified atom stereocenters. The van der Waals surface area contributed by atoms with Gasteiger partial charge in [-0.05, 0) is 39.9 Å². The number of nitrogens with zero attached hydrogens (tertiary/aromatic N) is 2. The third-order valence-corrected chi connectivity index (χ3v) is 6.81. The monoisotopic (exact) mass is 476 g/mol. The first-order valence-corrected chi connectivity index (χ1v) is 12.1. The summed E-state index contributed by atoms with van der Waals surface area (Å²) in [5.74, 6) is 0. The predicted molar refractivity (Wildman–Crippen MR) is 134 cm³/mol. The highest BCUT2D eigenvalue weighted by molar-refractivity contribution is 6.30. The van der Waals surface area contributed by atoms with Gasteiger partial charge in [0.25, 0.3) is 0 Å². The van der Waals surface area contributed by atoms with Crippen LogP contribution in [0, 0.1) is 0 Å². The van der Waals surface area contributed by atoms with E-state index in [-0.39, 0.29) is 6.10 Å². The van der Waals surface area contributed by atoms with Crippen LogP contribution in [0.2, 0.25) is 5.02 Å². The highest BCUT2D eigenvalue weighted by Crippen LogP contribution is 2.32. The zero-order valence-corrected chi connectivity index (χ0v) is 19.9. The molecule has 2 saturated heterocycles. The highest BCUT2D eigenvalue weighted by atomic mass is 35.5. The van der Waals surface area contributed by atoms with E-state index in [1.165, 1.54) is 22.3 Å². The van der Waals surface area contributed by atoms with Gasteiger partial charge in [-0.3, -0.25) is 14.6 Å². The Kier molecular flexibility index (Phi) is 7.38. The summed E-state index contributed by atoms with van der Waals surface area (Å²) < 4.78 is 11.6. The topological polar surface area (TPSA) is 42.0 Å². The zero-order valence-electron chi connectivity index (χ0n) is 19.1. The van der Waals surface area contributed by atoms with E-state index in [0.717, 1.165) is 44.7 Å². The van der Waals surface area contributed by atoms with Crippen LogP contribution >= 0.6 is 11.6 Å². The van der Waals surface area contributed by atoms with Gasteiger partial charge in [0.1, 0.15) is 0 Å². The first-order chi connectivity index (χ1) is 16.7. The molecule has 5 rings (SSSR count). The molecule has 6 heteroatoms. The Bertz CT molecular complexity index is 1100. The van der Waals surface area contributed by atoms with Crippen LogP contribution in [0.4, 0.5) is 0 Å². The number of halogens is 1. The summed E-state index contributed by atoms with van der Waals surface area (Å²) >= 11 is 6.03. The van der Waals surface area contributed by atoms with E-state index in [2.05, 4.69) is 52.3 Å². The largest absolute Gasteiger partial charge is 0.379 e. The minimum absolute atomic E-state index is 0.149. The third kappa shape index (κ3) is 5.40. The maximum atomic E-state index is 11.8. The van der Waals surface area contributed by atoms with E-state index in [0.29, 0.717) is 18.1 Å². The lowest BCUT2D eigenvalue weighted by Crippen LogP contribution is -2.35. The molecule has 34 heavy (non-hydrogen) atoms. The van der Waals surface area contributed by atoms with Gasteiger partial charge in [-0.2, -0.15) is 0 Å². The van der Waals surface area contributed by atoms with Gasteiger partial charge in [-0.15, -0.1) is 0 Å². The van der Waals surface area contributed by atoms with Crippen molar-refractivity contribution in [3.63, 3.8) is 0 Å². The lowest BCUT2D eigenvalue weighted by atomic mass is 9.96. The standard InChI is InChI=1S/C28H29ClN2O3/c29-25-9-7-23(8-10-25)27-19-31(28(20-32)34-27)17-21-6-11-26(22-4-2-1-3-5-22)24(16-21)18-30-12-14-33-15-13-30/h1-11,16,20,27-28H,12-15,17-19H2/t27-,28?/m0/s1. The normalized spacial score (nSPS) is 21.6. The summed E-state index contributed by atoms with van der Waals surface area (Å²) in [4.78, 5) is 16.3. The van der Waals surface area contributed by atoms with Crippen molar-refractivity contribution in [2.24, 2.45) is 0 Å². The second kappa shape index (κ2) is 10.8. The molecule has 176 valence electrons. The van der Waals surface area contributed by atoms with Crippen molar-refractivity contribution in [3.8, 4) is 11.1 Å². The van der Waals surface area contributed by atoms with Crippen molar-refractivity contribution in [2.75, 3.05) is 32.8 Å². The smallest absolute Gasteiger partial charge is 0.168 e. The fraction of sp³-hybridized carbons (Fsp3) is 0.321. The zero-order chi connectivity index (χ0) is 23.3. The second-order valence-corrected chi connectivity index (χ2v) is 9.31. The average molecular weight is 477 g/mol. The average Bonchev–Trinajstić information content (AvgIpc) is 3.28. The predicted octanol–water partition coefficient (Wildman–Crippen LogP) is 4.94. The van der Waals surface area contributed by atoms with E-state index in [4.69, 9.17) is 21.1 Å². The van der Waals surface area contributed by atoms with E-state index in [1.807, 2.05) is 30.3 Å². The quantitative estimate of drug-likeness (QED) is 0.452. The fourth-order valence-electron chi connectivity index (χ4n) is 4.76. The number of hydrogen-bond acceptors (Lipinski definition) is 5. The Labute approximate surface area is 205 Å². The van der Waals surface area contributed by atoms with E-state index < -0.39 is 6.23 Å². The molecule has 2 heterocycles. The van der Waals surface area contributed by atoms with E-state index >= 15 is 0 Å². The van der Waals surface area contributed by atoms with Gasteiger partial charge in [-0.1, -0.05) is 72.3 Å². The van der Waals surface area contributed by atoms with Gasteiger partial charge in [-0.25, -0.2) is 0 Å². The molecule has 3 aromatic carbocycles. The van der Waals surface area contributed by atoms with Crippen molar-refractivity contribution in [1.29, 1.82) is 0 Å². The van der Waals surface area contributed by atoms with Crippen LogP contribution in [0.15, 0.2) is 72.8 Å². The Morgan fingerprint density at radius 3 is 2.44 bits per heavy atom. The summed E-state index contributed by atoms with van der Waals surface area (Å²) in [5, 5.41) is 0.692. The highest BCUT2D eigenvalue weighted by Gasteiger charge is 2.33. The molecule has 0 N–H and O–H groups in total. The Morgan fingerprint density at radius 2 is 1.71 bits per heavy atom. The number of carbonyl (C=O) groups excluding carboxylic acids is 1. The number of hydrogen-bond donors (Lipinski definition) is 0. The summed E-state index contributed by atoms with van der Waals surface area (Å²) in [6, 6.07) is 24.8. The van der Waals surface area contributed by atoms with Gasteiger partial charge >= 0.3 is 0 Å². The molecule has 0 aliphatic carbocycles.